The molecule has 0 saturated heterocycles. The Morgan fingerprint density at radius 1 is 1.54 bits per heavy atom. The zero-order chi connectivity index (χ0) is 9.84. The molecule has 0 fully saturated rings. The standard InChI is InChI=1S/C8H7BrFNO2/c9-4-3-6-1-2-8(11(12)13)7(10)5-6/h1-2,5H,3-4H2. The van der Waals surface area contributed by atoms with Crippen LogP contribution in [0.25, 0.3) is 0 Å². The van der Waals surface area contributed by atoms with Gasteiger partial charge >= 0.3 is 5.69 Å². The van der Waals surface area contributed by atoms with E-state index < -0.39 is 16.4 Å². The normalized spacial score (nSPS) is 10.0. The van der Waals surface area contributed by atoms with Gasteiger partial charge in [0.2, 0.25) is 5.82 Å². The van der Waals surface area contributed by atoms with Crippen LogP contribution in [-0.2, 0) is 6.42 Å². The number of rotatable bonds is 3. The number of benzene rings is 1. The van der Waals surface area contributed by atoms with Gasteiger partial charge in [-0.1, -0.05) is 22.0 Å². The molecule has 1 aromatic rings. The smallest absolute Gasteiger partial charge is 0.258 e. The van der Waals surface area contributed by atoms with Crippen molar-refractivity contribution in [2.24, 2.45) is 0 Å². The minimum absolute atomic E-state index is 0.474. The van der Waals surface area contributed by atoms with Crippen molar-refractivity contribution in [3.05, 3.63) is 39.7 Å². The number of hydrogen-bond donors (Lipinski definition) is 0. The van der Waals surface area contributed by atoms with Crippen LogP contribution >= 0.6 is 15.9 Å². The Labute approximate surface area is 82.8 Å². The first-order chi connectivity index (χ1) is 6.15. The Balaban J connectivity index is 2.98. The largest absolute Gasteiger partial charge is 0.304 e. The van der Waals surface area contributed by atoms with Gasteiger partial charge in [0.25, 0.3) is 0 Å². The van der Waals surface area contributed by atoms with Gasteiger partial charge in [0, 0.05) is 11.4 Å². The maximum Gasteiger partial charge on any atom is 0.304 e. The third-order valence-corrected chi connectivity index (χ3v) is 1.99. The summed E-state index contributed by atoms with van der Waals surface area (Å²) in [5, 5.41) is 11.0. The number of alkyl halides is 1. The molecule has 1 aromatic carbocycles. The summed E-state index contributed by atoms with van der Waals surface area (Å²) in [4.78, 5) is 9.52. The predicted octanol–water partition coefficient (Wildman–Crippen LogP) is 2.67. The van der Waals surface area contributed by atoms with Crippen LogP contribution in [0.5, 0.6) is 0 Å². The molecule has 0 amide bonds. The van der Waals surface area contributed by atoms with Gasteiger partial charge in [-0.25, -0.2) is 0 Å². The lowest BCUT2D eigenvalue weighted by atomic mass is 10.1. The van der Waals surface area contributed by atoms with E-state index in [0.717, 1.165) is 5.56 Å². The Kier molecular flexibility index (Phi) is 3.36. The predicted molar refractivity (Wildman–Crippen MR) is 50.6 cm³/mol. The SMILES string of the molecule is O=[N+]([O-])c1ccc(CCBr)cc1F. The van der Waals surface area contributed by atoms with Crippen molar-refractivity contribution in [3.8, 4) is 0 Å². The highest BCUT2D eigenvalue weighted by Gasteiger charge is 2.12. The summed E-state index contributed by atoms with van der Waals surface area (Å²) in [6.45, 7) is 0. The summed E-state index contributed by atoms with van der Waals surface area (Å²) in [5.41, 5.74) is 0.276. The number of halogens is 2. The third kappa shape index (κ3) is 2.48. The molecule has 0 N–H and O–H groups in total. The monoisotopic (exact) mass is 247 g/mol. The molecule has 0 aliphatic rings. The molecular formula is C8H7BrFNO2. The van der Waals surface area contributed by atoms with E-state index in [-0.39, 0.29) is 0 Å². The van der Waals surface area contributed by atoms with Crippen LogP contribution in [0.1, 0.15) is 5.56 Å². The second kappa shape index (κ2) is 4.32. The zero-order valence-corrected chi connectivity index (χ0v) is 8.25. The highest BCUT2D eigenvalue weighted by atomic mass is 79.9. The van der Waals surface area contributed by atoms with E-state index in [2.05, 4.69) is 15.9 Å². The molecule has 0 aromatic heterocycles. The van der Waals surface area contributed by atoms with Gasteiger partial charge in [-0.2, -0.15) is 4.39 Å². The van der Waals surface area contributed by atoms with Crippen molar-refractivity contribution in [1.29, 1.82) is 0 Å². The van der Waals surface area contributed by atoms with Crippen molar-refractivity contribution in [1.82, 2.24) is 0 Å². The quantitative estimate of drug-likeness (QED) is 0.468. The van der Waals surface area contributed by atoms with Gasteiger partial charge in [0.15, 0.2) is 0 Å². The molecule has 5 heteroatoms. The minimum Gasteiger partial charge on any atom is -0.258 e. The van der Waals surface area contributed by atoms with Crippen LogP contribution in [0.15, 0.2) is 18.2 Å². The zero-order valence-electron chi connectivity index (χ0n) is 6.67. The fourth-order valence-corrected chi connectivity index (χ4v) is 1.42. The summed E-state index contributed by atoms with van der Waals surface area (Å²) in [5.74, 6) is -0.775. The van der Waals surface area contributed by atoms with E-state index in [9.17, 15) is 14.5 Å². The number of aryl methyl sites for hydroxylation is 1. The lowest BCUT2D eigenvalue weighted by Gasteiger charge is -1.98. The lowest BCUT2D eigenvalue weighted by molar-refractivity contribution is -0.387. The van der Waals surface area contributed by atoms with Crippen LogP contribution in [0.3, 0.4) is 0 Å². The lowest BCUT2D eigenvalue weighted by Crippen LogP contribution is -1.94. The number of nitro benzene ring substituents is 1. The number of nitro groups is 1. The highest BCUT2D eigenvalue weighted by Crippen LogP contribution is 2.18. The first kappa shape index (κ1) is 10.1. The summed E-state index contributed by atoms with van der Waals surface area (Å²) >= 11 is 3.20. The van der Waals surface area contributed by atoms with E-state index in [1.807, 2.05) is 0 Å². The summed E-state index contributed by atoms with van der Waals surface area (Å²) in [6, 6.07) is 3.94. The molecule has 0 aliphatic heterocycles. The Hall–Kier alpha value is -0.970. The molecule has 0 radical (unpaired) electrons. The fraction of sp³-hybridized carbons (Fsp3) is 0.250. The van der Waals surface area contributed by atoms with Gasteiger partial charge in [0.1, 0.15) is 0 Å². The second-order valence-corrected chi connectivity index (χ2v) is 3.27. The molecule has 0 spiro atoms. The van der Waals surface area contributed by atoms with Gasteiger partial charge in [-0.3, -0.25) is 10.1 Å². The summed E-state index contributed by atoms with van der Waals surface area (Å²) < 4.78 is 13.0. The molecule has 0 aliphatic carbocycles. The van der Waals surface area contributed by atoms with Crippen LogP contribution in [0.4, 0.5) is 10.1 Å². The summed E-state index contributed by atoms with van der Waals surface area (Å²) in [7, 11) is 0. The highest BCUT2D eigenvalue weighted by molar-refractivity contribution is 9.09. The average molecular weight is 248 g/mol. The molecular weight excluding hydrogens is 241 g/mol. The first-order valence-corrected chi connectivity index (χ1v) is 4.76. The van der Waals surface area contributed by atoms with Crippen molar-refractivity contribution in [2.45, 2.75) is 6.42 Å². The topological polar surface area (TPSA) is 43.1 Å². The van der Waals surface area contributed by atoms with Crippen LogP contribution < -0.4 is 0 Å². The molecule has 13 heavy (non-hydrogen) atoms. The maximum atomic E-state index is 13.0. The molecule has 0 saturated carbocycles. The third-order valence-electron chi connectivity index (χ3n) is 1.59. The van der Waals surface area contributed by atoms with E-state index in [1.165, 1.54) is 12.1 Å². The Bertz CT molecular complexity index is 330. The fourth-order valence-electron chi connectivity index (χ4n) is 0.963. The Morgan fingerprint density at radius 2 is 2.23 bits per heavy atom. The molecule has 1 rings (SSSR count). The molecule has 0 unspecified atom stereocenters. The van der Waals surface area contributed by atoms with Gasteiger partial charge in [-0.15, -0.1) is 0 Å². The maximum absolute atomic E-state index is 13.0. The van der Waals surface area contributed by atoms with Gasteiger partial charge in [0.05, 0.1) is 4.92 Å². The van der Waals surface area contributed by atoms with Crippen molar-refractivity contribution < 1.29 is 9.31 Å². The Morgan fingerprint density at radius 3 is 2.69 bits per heavy atom. The van der Waals surface area contributed by atoms with Crippen molar-refractivity contribution >= 4 is 21.6 Å². The van der Waals surface area contributed by atoms with Gasteiger partial charge in [-0.05, 0) is 18.1 Å². The molecule has 0 atom stereocenters. The van der Waals surface area contributed by atoms with Crippen molar-refractivity contribution in [2.75, 3.05) is 5.33 Å². The van der Waals surface area contributed by atoms with Gasteiger partial charge < -0.3 is 0 Å². The average Bonchev–Trinajstić information content (AvgIpc) is 2.04. The van der Waals surface area contributed by atoms with E-state index in [0.29, 0.717) is 11.8 Å². The second-order valence-electron chi connectivity index (χ2n) is 2.48. The van der Waals surface area contributed by atoms with E-state index in [1.54, 1.807) is 6.07 Å². The van der Waals surface area contributed by atoms with Crippen molar-refractivity contribution in [3.63, 3.8) is 0 Å². The van der Waals surface area contributed by atoms with E-state index >= 15 is 0 Å². The minimum atomic E-state index is -0.775. The molecule has 0 heterocycles. The molecule has 70 valence electrons. The van der Waals surface area contributed by atoms with Crippen LogP contribution in [-0.4, -0.2) is 10.3 Å². The summed E-state index contributed by atoms with van der Waals surface area (Å²) in [6.07, 6.45) is 0.662. The number of nitrogens with zero attached hydrogens (tertiary/aromatic N) is 1. The number of hydrogen-bond acceptors (Lipinski definition) is 2. The van der Waals surface area contributed by atoms with Crippen LogP contribution in [0, 0.1) is 15.9 Å². The molecule has 0 bridgehead atoms. The van der Waals surface area contributed by atoms with E-state index in [4.69, 9.17) is 0 Å². The molecule has 3 nitrogen and oxygen atoms in total. The first-order valence-electron chi connectivity index (χ1n) is 3.64. The van der Waals surface area contributed by atoms with Crippen LogP contribution in [0.2, 0.25) is 0 Å².